The minimum absolute atomic E-state index is 0.0136. The summed E-state index contributed by atoms with van der Waals surface area (Å²) in [6, 6.07) is 7.53. The van der Waals surface area contributed by atoms with Crippen LogP contribution in [0.4, 0.5) is 0 Å². The van der Waals surface area contributed by atoms with Crippen LogP contribution in [0.25, 0.3) is 0 Å². The maximum Gasteiger partial charge on any atom is 0.220 e. The maximum absolute atomic E-state index is 11.5. The number of amides is 2. The van der Waals surface area contributed by atoms with Crippen LogP contribution >= 0.6 is 0 Å². The van der Waals surface area contributed by atoms with E-state index in [1.165, 1.54) is 0 Å². The van der Waals surface area contributed by atoms with Gasteiger partial charge >= 0.3 is 0 Å². The number of hydrogen-bond donors (Lipinski definition) is 2. The summed E-state index contributed by atoms with van der Waals surface area (Å²) in [5, 5.41) is 2.83. The quantitative estimate of drug-likeness (QED) is 0.695. The van der Waals surface area contributed by atoms with E-state index in [-0.39, 0.29) is 11.8 Å². The molecule has 104 valence electrons. The van der Waals surface area contributed by atoms with E-state index in [9.17, 15) is 9.59 Å². The normalized spacial score (nSPS) is 9.95. The molecule has 19 heavy (non-hydrogen) atoms. The lowest BCUT2D eigenvalue weighted by molar-refractivity contribution is -0.122. The summed E-state index contributed by atoms with van der Waals surface area (Å²) in [5.74, 6) is 0.459. The van der Waals surface area contributed by atoms with Gasteiger partial charge in [-0.3, -0.25) is 9.59 Å². The molecule has 0 saturated heterocycles. The number of benzene rings is 1. The van der Waals surface area contributed by atoms with Crippen LogP contribution < -0.4 is 15.8 Å². The predicted molar refractivity (Wildman–Crippen MR) is 72.5 cm³/mol. The molecule has 0 atom stereocenters. The van der Waals surface area contributed by atoms with Crippen LogP contribution in [-0.2, 0) is 16.1 Å². The fraction of sp³-hybridized carbons (Fsp3) is 0.429. The number of unbranched alkanes of at least 4 members (excludes halogenated alkanes) is 1. The molecule has 0 heterocycles. The fourth-order valence-electron chi connectivity index (χ4n) is 1.62. The number of hydrogen-bond acceptors (Lipinski definition) is 3. The Morgan fingerprint density at radius 3 is 2.37 bits per heavy atom. The maximum atomic E-state index is 11.5. The Balaban J connectivity index is 2.20. The molecule has 0 unspecified atom stereocenters. The van der Waals surface area contributed by atoms with Gasteiger partial charge in [-0.25, -0.2) is 0 Å². The molecule has 0 aliphatic heterocycles. The largest absolute Gasteiger partial charge is 0.497 e. The van der Waals surface area contributed by atoms with Crippen molar-refractivity contribution >= 4 is 11.8 Å². The zero-order chi connectivity index (χ0) is 14.1. The lowest BCUT2D eigenvalue weighted by atomic mass is 10.1. The number of nitrogens with two attached hydrogens (primary N) is 1. The van der Waals surface area contributed by atoms with Gasteiger partial charge < -0.3 is 15.8 Å². The Hall–Kier alpha value is -2.04. The lowest BCUT2D eigenvalue weighted by Gasteiger charge is -2.06. The van der Waals surface area contributed by atoms with Crippen LogP contribution in [0.3, 0.4) is 0 Å². The molecule has 0 aliphatic carbocycles. The number of nitrogens with one attached hydrogen (secondary N) is 1. The minimum Gasteiger partial charge on any atom is -0.497 e. The SMILES string of the molecule is COc1ccc(CNC(=O)CCCCC(N)=O)cc1. The molecule has 0 radical (unpaired) electrons. The monoisotopic (exact) mass is 264 g/mol. The molecule has 0 fully saturated rings. The zero-order valence-corrected chi connectivity index (χ0v) is 11.1. The van der Waals surface area contributed by atoms with Gasteiger partial charge in [-0.05, 0) is 30.5 Å². The Bertz CT molecular complexity index is 415. The summed E-state index contributed by atoms with van der Waals surface area (Å²) in [4.78, 5) is 22.1. The van der Waals surface area contributed by atoms with Gasteiger partial charge in [0.2, 0.25) is 11.8 Å². The van der Waals surface area contributed by atoms with Crippen molar-refractivity contribution in [1.29, 1.82) is 0 Å². The summed E-state index contributed by atoms with van der Waals surface area (Å²) in [7, 11) is 1.61. The molecule has 1 aromatic carbocycles. The average Bonchev–Trinajstić information content (AvgIpc) is 2.41. The highest BCUT2D eigenvalue weighted by Crippen LogP contribution is 2.11. The van der Waals surface area contributed by atoms with Crippen molar-refractivity contribution < 1.29 is 14.3 Å². The summed E-state index contributed by atoms with van der Waals surface area (Å²) < 4.78 is 5.05. The van der Waals surface area contributed by atoms with E-state index in [1.54, 1.807) is 7.11 Å². The summed E-state index contributed by atoms with van der Waals surface area (Å²) >= 11 is 0. The van der Waals surface area contributed by atoms with E-state index in [0.717, 1.165) is 11.3 Å². The molecule has 5 nitrogen and oxygen atoms in total. The molecule has 0 aliphatic rings. The second-order valence-electron chi connectivity index (χ2n) is 4.30. The predicted octanol–water partition coefficient (Wildman–Crippen LogP) is 1.36. The van der Waals surface area contributed by atoms with Crippen molar-refractivity contribution in [3.8, 4) is 5.75 Å². The zero-order valence-electron chi connectivity index (χ0n) is 11.1. The van der Waals surface area contributed by atoms with Gasteiger partial charge in [0.15, 0.2) is 0 Å². The van der Waals surface area contributed by atoms with Crippen LogP contribution in [0.5, 0.6) is 5.75 Å². The highest BCUT2D eigenvalue weighted by molar-refractivity contribution is 5.76. The van der Waals surface area contributed by atoms with Gasteiger partial charge in [0, 0.05) is 19.4 Å². The molecule has 1 rings (SSSR count). The highest BCUT2D eigenvalue weighted by atomic mass is 16.5. The molecule has 0 aromatic heterocycles. The highest BCUT2D eigenvalue weighted by Gasteiger charge is 2.02. The molecular formula is C14H20N2O3. The van der Waals surface area contributed by atoms with E-state index in [2.05, 4.69) is 5.32 Å². The first-order valence-electron chi connectivity index (χ1n) is 6.29. The van der Waals surface area contributed by atoms with E-state index < -0.39 is 0 Å². The van der Waals surface area contributed by atoms with E-state index in [4.69, 9.17) is 10.5 Å². The summed E-state index contributed by atoms with van der Waals surface area (Å²) in [5.41, 5.74) is 6.04. The van der Waals surface area contributed by atoms with Crippen LogP contribution in [0.1, 0.15) is 31.2 Å². The van der Waals surface area contributed by atoms with E-state index in [0.29, 0.717) is 32.2 Å². The molecular weight excluding hydrogens is 244 g/mol. The van der Waals surface area contributed by atoms with Crippen LogP contribution in [0.15, 0.2) is 24.3 Å². The van der Waals surface area contributed by atoms with Crippen molar-refractivity contribution in [2.45, 2.75) is 32.2 Å². The third kappa shape index (κ3) is 6.45. The Kier molecular flexibility index (Phi) is 6.43. The van der Waals surface area contributed by atoms with Crippen LogP contribution in [0.2, 0.25) is 0 Å². The van der Waals surface area contributed by atoms with Crippen molar-refractivity contribution in [3.63, 3.8) is 0 Å². The second-order valence-corrected chi connectivity index (χ2v) is 4.30. The summed E-state index contributed by atoms with van der Waals surface area (Å²) in [6.45, 7) is 0.499. The number of carbonyl (C=O) groups excluding carboxylic acids is 2. The minimum atomic E-state index is -0.321. The number of carbonyl (C=O) groups is 2. The second kappa shape index (κ2) is 8.13. The molecule has 1 aromatic rings. The summed E-state index contributed by atoms with van der Waals surface area (Å²) in [6.07, 6.45) is 2.10. The van der Waals surface area contributed by atoms with Crippen LogP contribution in [-0.4, -0.2) is 18.9 Å². The van der Waals surface area contributed by atoms with Crippen molar-refractivity contribution in [2.24, 2.45) is 5.73 Å². The number of rotatable bonds is 8. The van der Waals surface area contributed by atoms with Crippen molar-refractivity contribution in [1.82, 2.24) is 5.32 Å². The van der Waals surface area contributed by atoms with Gasteiger partial charge in [-0.2, -0.15) is 0 Å². The van der Waals surface area contributed by atoms with Gasteiger partial charge in [0.25, 0.3) is 0 Å². The standard InChI is InChI=1S/C14H20N2O3/c1-19-12-8-6-11(7-9-12)10-16-14(18)5-3-2-4-13(15)17/h6-9H,2-5,10H2,1H3,(H2,15,17)(H,16,18). The molecule has 2 amide bonds. The average molecular weight is 264 g/mol. The smallest absolute Gasteiger partial charge is 0.220 e. The molecule has 0 saturated carbocycles. The van der Waals surface area contributed by atoms with Crippen LogP contribution in [0, 0.1) is 0 Å². The number of ether oxygens (including phenoxy) is 1. The first-order chi connectivity index (χ1) is 9.11. The van der Waals surface area contributed by atoms with E-state index >= 15 is 0 Å². The third-order valence-electron chi connectivity index (χ3n) is 2.73. The molecule has 0 spiro atoms. The first kappa shape index (κ1) is 15.0. The fourth-order valence-corrected chi connectivity index (χ4v) is 1.62. The molecule has 3 N–H and O–H groups in total. The van der Waals surface area contributed by atoms with Gasteiger partial charge in [0.1, 0.15) is 5.75 Å². The molecule has 0 bridgehead atoms. The third-order valence-corrected chi connectivity index (χ3v) is 2.73. The Morgan fingerprint density at radius 2 is 1.79 bits per heavy atom. The van der Waals surface area contributed by atoms with Gasteiger partial charge in [0.05, 0.1) is 7.11 Å². The lowest BCUT2D eigenvalue weighted by Crippen LogP contribution is -2.22. The Morgan fingerprint density at radius 1 is 1.16 bits per heavy atom. The number of primary amides is 1. The van der Waals surface area contributed by atoms with Gasteiger partial charge in [-0.15, -0.1) is 0 Å². The first-order valence-corrected chi connectivity index (χ1v) is 6.29. The van der Waals surface area contributed by atoms with Crippen molar-refractivity contribution in [3.05, 3.63) is 29.8 Å². The Labute approximate surface area is 113 Å². The topological polar surface area (TPSA) is 81.4 Å². The van der Waals surface area contributed by atoms with Crippen molar-refractivity contribution in [2.75, 3.05) is 7.11 Å². The molecule has 5 heteroatoms. The van der Waals surface area contributed by atoms with Gasteiger partial charge in [-0.1, -0.05) is 12.1 Å². The number of methoxy groups -OCH3 is 1. The van der Waals surface area contributed by atoms with E-state index in [1.807, 2.05) is 24.3 Å².